The molecule has 0 radical (unpaired) electrons. The SMILES string of the molecule is CCCn1ccnc1CC=CC(=O)O. The number of imidazole rings is 1. The predicted molar refractivity (Wildman–Crippen MR) is 53.0 cm³/mol. The number of aliphatic carboxylic acids is 1. The van der Waals surface area contributed by atoms with E-state index in [2.05, 4.69) is 11.9 Å². The molecule has 0 spiro atoms. The lowest BCUT2D eigenvalue weighted by Gasteiger charge is -2.02. The summed E-state index contributed by atoms with van der Waals surface area (Å²) in [6.07, 6.45) is 8.01. The molecule has 4 nitrogen and oxygen atoms in total. The van der Waals surface area contributed by atoms with Crippen molar-refractivity contribution in [3.05, 3.63) is 30.4 Å². The number of carboxylic acid groups (broad SMARTS) is 1. The maximum atomic E-state index is 10.2. The van der Waals surface area contributed by atoms with Gasteiger partial charge in [0.15, 0.2) is 0 Å². The van der Waals surface area contributed by atoms with Gasteiger partial charge in [-0.2, -0.15) is 0 Å². The van der Waals surface area contributed by atoms with Crippen molar-refractivity contribution in [1.29, 1.82) is 0 Å². The van der Waals surface area contributed by atoms with Gasteiger partial charge in [0.25, 0.3) is 0 Å². The second-order valence-corrected chi connectivity index (χ2v) is 2.98. The molecule has 0 aliphatic rings. The van der Waals surface area contributed by atoms with Crippen molar-refractivity contribution in [2.24, 2.45) is 0 Å². The van der Waals surface area contributed by atoms with Gasteiger partial charge < -0.3 is 9.67 Å². The highest BCUT2D eigenvalue weighted by atomic mass is 16.4. The molecular formula is C10H14N2O2. The maximum Gasteiger partial charge on any atom is 0.327 e. The topological polar surface area (TPSA) is 55.1 Å². The average molecular weight is 194 g/mol. The molecule has 0 aromatic carbocycles. The number of rotatable bonds is 5. The standard InChI is InChI=1S/C10H14N2O2/c1-2-7-12-8-6-11-9(12)4-3-5-10(13)14/h3,5-6,8H,2,4,7H2,1H3,(H,13,14). The van der Waals surface area contributed by atoms with E-state index in [0.29, 0.717) is 6.42 Å². The molecule has 14 heavy (non-hydrogen) atoms. The molecule has 0 fully saturated rings. The van der Waals surface area contributed by atoms with Crippen LogP contribution in [0.2, 0.25) is 0 Å². The van der Waals surface area contributed by atoms with Crippen LogP contribution in [0.25, 0.3) is 0 Å². The molecule has 1 N–H and O–H groups in total. The molecule has 0 atom stereocenters. The second-order valence-electron chi connectivity index (χ2n) is 2.98. The van der Waals surface area contributed by atoms with Gasteiger partial charge in [-0.3, -0.25) is 0 Å². The monoisotopic (exact) mass is 194 g/mol. The highest BCUT2D eigenvalue weighted by Gasteiger charge is 1.98. The fraction of sp³-hybridized carbons (Fsp3) is 0.400. The lowest BCUT2D eigenvalue weighted by molar-refractivity contribution is -0.131. The van der Waals surface area contributed by atoms with Gasteiger partial charge in [-0.15, -0.1) is 0 Å². The van der Waals surface area contributed by atoms with E-state index < -0.39 is 5.97 Å². The van der Waals surface area contributed by atoms with Crippen LogP contribution in [-0.4, -0.2) is 20.6 Å². The molecular weight excluding hydrogens is 180 g/mol. The van der Waals surface area contributed by atoms with Crippen molar-refractivity contribution < 1.29 is 9.90 Å². The quantitative estimate of drug-likeness (QED) is 0.722. The molecule has 1 heterocycles. The van der Waals surface area contributed by atoms with E-state index in [4.69, 9.17) is 5.11 Å². The molecule has 0 aliphatic carbocycles. The van der Waals surface area contributed by atoms with Gasteiger partial charge in [-0.05, 0) is 6.42 Å². The van der Waals surface area contributed by atoms with Crippen LogP contribution in [0, 0.1) is 0 Å². The zero-order valence-electron chi connectivity index (χ0n) is 8.18. The first-order valence-corrected chi connectivity index (χ1v) is 4.63. The third-order valence-electron chi connectivity index (χ3n) is 1.83. The van der Waals surface area contributed by atoms with Crippen LogP contribution in [0.3, 0.4) is 0 Å². The Bertz CT molecular complexity index is 329. The van der Waals surface area contributed by atoms with E-state index in [1.807, 2.05) is 10.8 Å². The number of hydrogen-bond donors (Lipinski definition) is 1. The van der Waals surface area contributed by atoms with Gasteiger partial charge in [0, 0.05) is 31.4 Å². The normalized spacial score (nSPS) is 10.9. The summed E-state index contributed by atoms with van der Waals surface area (Å²) in [7, 11) is 0. The van der Waals surface area contributed by atoms with Gasteiger partial charge in [0.2, 0.25) is 0 Å². The first kappa shape index (κ1) is 10.5. The van der Waals surface area contributed by atoms with Crippen LogP contribution in [0.15, 0.2) is 24.5 Å². The van der Waals surface area contributed by atoms with Gasteiger partial charge >= 0.3 is 5.97 Å². The third-order valence-corrected chi connectivity index (χ3v) is 1.83. The number of carboxylic acids is 1. The molecule has 1 aromatic heterocycles. The van der Waals surface area contributed by atoms with Crippen molar-refractivity contribution >= 4 is 5.97 Å². The molecule has 0 saturated heterocycles. The average Bonchev–Trinajstić information content (AvgIpc) is 2.53. The van der Waals surface area contributed by atoms with Crippen LogP contribution >= 0.6 is 0 Å². The van der Waals surface area contributed by atoms with Crippen LogP contribution in [0.5, 0.6) is 0 Å². The van der Waals surface area contributed by atoms with Crippen LogP contribution < -0.4 is 0 Å². The number of aryl methyl sites for hydroxylation is 1. The third kappa shape index (κ3) is 3.05. The summed E-state index contributed by atoms with van der Waals surface area (Å²) in [4.78, 5) is 14.4. The number of hydrogen-bond acceptors (Lipinski definition) is 2. The smallest absolute Gasteiger partial charge is 0.327 e. The van der Waals surface area contributed by atoms with Gasteiger partial charge in [-0.1, -0.05) is 13.0 Å². The highest BCUT2D eigenvalue weighted by Crippen LogP contribution is 2.00. The van der Waals surface area contributed by atoms with E-state index >= 15 is 0 Å². The summed E-state index contributed by atoms with van der Waals surface area (Å²) in [6, 6.07) is 0. The second kappa shape index (κ2) is 5.21. The Balaban J connectivity index is 2.57. The Kier molecular flexibility index (Phi) is 3.91. The minimum Gasteiger partial charge on any atom is -0.478 e. The fourth-order valence-electron chi connectivity index (χ4n) is 1.24. The first-order chi connectivity index (χ1) is 6.74. The van der Waals surface area contributed by atoms with Gasteiger partial charge in [-0.25, -0.2) is 9.78 Å². The molecule has 1 rings (SSSR count). The highest BCUT2D eigenvalue weighted by molar-refractivity contribution is 5.79. The van der Waals surface area contributed by atoms with E-state index in [1.54, 1.807) is 12.3 Å². The van der Waals surface area contributed by atoms with Crippen molar-refractivity contribution in [1.82, 2.24) is 9.55 Å². The Morgan fingerprint density at radius 3 is 3.14 bits per heavy atom. The molecule has 4 heteroatoms. The Hall–Kier alpha value is -1.58. The first-order valence-electron chi connectivity index (χ1n) is 4.63. The van der Waals surface area contributed by atoms with Crippen molar-refractivity contribution in [3.63, 3.8) is 0 Å². The lowest BCUT2D eigenvalue weighted by atomic mass is 10.3. The number of aromatic nitrogens is 2. The number of nitrogens with zero attached hydrogens (tertiary/aromatic N) is 2. The predicted octanol–water partition coefficient (Wildman–Crippen LogP) is 1.48. The molecule has 0 amide bonds. The summed E-state index contributed by atoms with van der Waals surface area (Å²) < 4.78 is 2.03. The summed E-state index contributed by atoms with van der Waals surface area (Å²) in [5.41, 5.74) is 0. The van der Waals surface area contributed by atoms with Crippen LogP contribution in [-0.2, 0) is 17.8 Å². The van der Waals surface area contributed by atoms with E-state index in [9.17, 15) is 4.79 Å². The summed E-state index contributed by atoms with van der Waals surface area (Å²) in [6.45, 7) is 3.02. The molecule has 0 bridgehead atoms. The molecule has 0 unspecified atom stereocenters. The van der Waals surface area contributed by atoms with Crippen molar-refractivity contribution in [2.75, 3.05) is 0 Å². The summed E-state index contributed by atoms with van der Waals surface area (Å²) in [5.74, 6) is -0.0112. The zero-order chi connectivity index (χ0) is 10.4. The van der Waals surface area contributed by atoms with Crippen LogP contribution in [0.1, 0.15) is 19.2 Å². The minimum atomic E-state index is -0.918. The van der Waals surface area contributed by atoms with Crippen molar-refractivity contribution in [3.8, 4) is 0 Å². The number of allylic oxidation sites excluding steroid dienone is 1. The molecule has 0 aliphatic heterocycles. The zero-order valence-corrected chi connectivity index (χ0v) is 8.18. The molecule has 1 aromatic rings. The molecule has 0 saturated carbocycles. The van der Waals surface area contributed by atoms with Crippen LogP contribution in [0.4, 0.5) is 0 Å². The molecule has 76 valence electrons. The van der Waals surface area contributed by atoms with Gasteiger partial charge in [0.05, 0.1) is 0 Å². The maximum absolute atomic E-state index is 10.2. The minimum absolute atomic E-state index is 0.569. The van der Waals surface area contributed by atoms with Gasteiger partial charge in [0.1, 0.15) is 5.82 Å². The number of carbonyl (C=O) groups is 1. The van der Waals surface area contributed by atoms with E-state index in [1.165, 1.54) is 0 Å². The fourth-order valence-corrected chi connectivity index (χ4v) is 1.24. The summed E-state index contributed by atoms with van der Waals surface area (Å²) in [5, 5.41) is 8.40. The Morgan fingerprint density at radius 1 is 1.71 bits per heavy atom. The summed E-state index contributed by atoms with van der Waals surface area (Å²) >= 11 is 0. The van der Waals surface area contributed by atoms with E-state index in [-0.39, 0.29) is 0 Å². The lowest BCUT2D eigenvalue weighted by Crippen LogP contribution is -2.01. The largest absolute Gasteiger partial charge is 0.478 e. The Labute approximate surface area is 82.9 Å². The van der Waals surface area contributed by atoms with Crippen molar-refractivity contribution in [2.45, 2.75) is 26.3 Å². The van der Waals surface area contributed by atoms with E-state index in [0.717, 1.165) is 24.9 Å². The Morgan fingerprint density at radius 2 is 2.50 bits per heavy atom.